The molecule has 0 fully saturated rings. The number of aromatic nitrogens is 2. The lowest BCUT2D eigenvalue weighted by molar-refractivity contribution is 0.484. The fourth-order valence-corrected chi connectivity index (χ4v) is 2.50. The summed E-state index contributed by atoms with van der Waals surface area (Å²) in [4.78, 5) is 7.52. The second kappa shape index (κ2) is 5.37. The molecule has 2 aromatic heterocycles. The highest BCUT2D eigenvalue weighted by atomic mass is 16.5. The van der Waals surface area contributed by atoms with Crippen molar-refractivity contribution >= 4 is 11.0 Å². The van der Waals surface area contributed by atoms with Crippen LogP contribution in [0.15, 0.2) is 73.1 Å². The molecule has 22 heavy (non-hydrogen) atoms. The minimum atomic E-state index is 0.776. The second-order valence-corrected chi connectivity index (χ2v) is 4.93. The van der Waals surface area contributed by atoms with Crippen LogP contribution in [0.2, 0.25) is 0 Å². The summed E-state index contributed by atoms with van der Waals surface area (Å²) in [5.74, 6) is 1.58. The number of para-hydroxylation sites is 1. The summed E-state index contributed by atoms with van der Waals surface area (Å²) in [5.41, 5.74) is 2.82. The normalized spacial score (nSPS) is 10.7. The maximum atomic E-state index is 6.02. The molecule has 1 N–H and O–H groups in total. The van der Waals surface area contributed by atoms with Gasteiger partial charge in [-0.05, 0) is 36.4 Å². The Hall–Kier alpha value is -3.07. The molecule has 2 heterocycles. The number of H-pyrrole nitrogens is 1. The van der Waals surface area contributed by atoms with E-state index in [0.717, 1.165) is 33.7 Å². The third-order valence-corrected chi connectivity index (χ3v) is 3.51. The van der Waals surface area contributed by atoms with Gasteiger partial charge in [-0.3, -0.25) is 0 Å². The molecule has 0 bridgehead atoms. The van der Waals surface area contributed by atoms with Crippen LogP contribution < -0.4 is 4.74 Å². The standard InChI is InChI=1S/C19H13N2O/c1-2-7-14(8-3-1)22-18-11-5-4-9-15(18)17-13-21-19-16(17)10-6-12-20-19/h1-8,10-13H,(H,20,21). The number of fused-ring (bicyclic) bond motifs is 1. The van der Waals surface area contributed by atoms with E-state index in [9.17, 15) is 0 Å². The average Bonchev–Trinajstić information content (AvgIpc) is 3.00. The predicted molar refractivity (Wildman–Crippen MR) is 86.9 cm³/mol. The Morgan fingerprint density at radius 2 is 1.86 bits per heavy atom. The quantitative estimate of drug-likeness (QED) is 0.586. The van der Waals surface area contributed by atoms with E-state index in [1.165, 1.54) is 0 Å². The molecular weight excluding hydrogens is 272 g/mol. The van der Waals surface area contributed by atoms with Gasteiger partial charge in [0, 0.05) is 28.9 Å². The van der Waals surface area contributed by atoms with Crippen LogP contribution in [-0.4, -0.2) is 9.97 Å². The lowest BCUT2D eigenvalue weighted by atomic mass is 10.0. The molecule has 0 aliphatic rings. The predicted octanol–water partition coefficient (Wildman–Crippen LogP) is 4.82. The Labute approximate surface area is 128 Å². The average molecular weight is 285 g/mol. The highest BCUT2D eigenvalue weighted by Crippen LogP contribution is 2.36. The van der Waals surface area contributed by atoms with Gasteiger partial charge in [-0.15, -0.1) is 0 Å². The Morgan fingerprint density at radius 1 is 0.955 bits per heavy atom. The molecule has 2 aromatic carbocycles. The van der Waals surface area contributed by atoms with Gasteiger partial charge >= 0.3 is 0 Å². The number of benzene rings is 2. The number of pyridine rings is 1. The van der Waals surface area contributed by atoms with Crippen molar-refractivity contribution in [3.63, 3.8) is 0 Å². The van der Waals surface area contributed by atoms with Crippen LogP contribution in [0.5, 0.6) is 11.5 Å². The van der Waals surface area contributed by atoms with E-state index < -0.39 is 0 Å². The van der Waals surface area contributed by atoms with Crippen molar-refractivity contribution in [1.82, 2.24) is 9.97 Å². The number of nitrogens with one attached hydrogen (secondary N) is 1. The van der Waals surface area contributed by atoms with Crippen LogP contribution in [0, 0.1) is 6.07 Å². The van der Waals surface area contributed by atoms with Gasteiger partial charge in [-0.25, -0.2) is 4.98 Å². The maximum absolute atomic E-state index is 6.02. The molecule has 0 spiro atoms. The molecule has 105 valence electrons. The van der Waals surface area contributed by atoms with Crippen LogP contribution in [0.1, 0.15) is 0 Å². The van der Waals surface area contributed by atoms with Gasteiger partial charge in [-0.2, -0.15) is 0 Å². The van der Waals surface area contributed by atoms with Gasteiger partial charge in [0.25, 0.3) is 0 Å². The molecule has 0 saturated heterocycles. The molecule has 4 aromatic rings. The van der Waals surface area contributed by atoms with Gasteiger partial charge in [-0.1, -0.05) is 30.3 Å². The summed E-state index contributed by atoms with van der Waals surface area (Å²) in [6.45, 7) is 0. The van der Waals surface area contributed by atoms with E-state index in [-0.39, 0.29) is 0 Å². The maximum Gasteiger partial charge on any atom is 0.137 e. The lowest BCUT2D eigenvalue weighted by Gasteiger charge is -2.10. The second-order valence-electron chi connectivity index (χ2n) is 4.93. The van der Waals surface area contributed by atoms with Gasteiger partial charge in [0.15, 0.2) is 0 Å². The molecule has 0 aliphatic heterocycles. The van der Waals surface area contributed by atoms with Gasteiger partial charge < -0.3 is 9.72 Å². The first-order valence-electron chi connectivity index (χ1n) is 7.08. The highest BCUT2D eigenvalue weighted by Gasteiger charge is 2.12. The lowest BCUT2D eigenvalue weighted by Crippen LogP contribution is -1.87. The Kier molecular flexibility index (Phi) is 3.09. The van der Waals surface area contributed by atoms with Crippen molar-refractivity contribution < 1.29 is 4.74 Å². The largest absolute Gasteiger partial charge is 0.457 e. The first-order chi connectivity index (χ1) is 10.9. The van der Waals surface area contributed by atoms with Crippen molar-refractivity contribution in [3.05, 3.63) is 79.1 Å². The zero-order chi connectivity index (χ0) is 14.8. The zero-order valence-corrected chi connectivity index (χ0v) is 11.8. The van der Waals surface area contributed by atoms with Gasteiger partial charge in [0.05, 0.1) is 0 Å². The van der Waals surface area contributed by atoms with Crippen molar-refractivity contribution in [1.29, 1.82) is 0 Å². The number of rotatable bonds is 3. The molecule has 0 atom stereocenters. The Morgan fingerprint density at radius 3 is 2.77 bits per heavy atom. The van der Waals surface area contributed by atoms with Gasteiger partial charge in [0.1, 0.15) is 17.1 Å². The monoisotopic (exact) mass is 285 g/mol. The number of hydrogen-bond acceptors (Lipinski definition) is 2. The fourth-order valence-electron chi connectivity index (χ4n) is 2.50. The third-order valence-electron chi connectivity index (χ3n) is 3.51. The first kappa shape index (κ1) is 12.7. The smallest absolute Gasteiger partial charge is 0.137 e. The minimum Gasteiger partial charge on any atom is -0.457 e. The number of aromatic amines is 1. The summed E-state index contributed by atoms with van der Waals surface area (Å²) in [7, 11) is 0. The molecule has 3 nitrogen and oxygen atoms in total. The van der Waals surface area contributed by atoms with E-state index >= 15 is 0 Å². The van der Waals surface area contributed by atoms with Crippen LogP contribution in [0.25, 0.3) is 22.2 Å². The first-order valence-corrected chi connectivity index (χ1v) is 7.08. The summed E-state index contributed by atoms with van der Waals surface area (Å²) in [5, 5.41) is 1.06. The summed E-state index contributed by atoms with van der Waals surface area (Å²) in [6, 6.07) is 22.8. The van der Waals surface area contributed by atoms with E-state index in [1.807, 2.05) is 66.9 Å². The topological polar surface area (TPSA) is 37.9 Å². The van der Waals surface area contributed by atoms with E-state index in [2.05, 4.69) is 16.0 Å². The van der Waals surface area contributed by atoms with Crippen LogP contribution in [0.4, 0.5) is 0 Å². The zero-order valence-electron chi connectivity index (χ0n) is 11.8. The van der Waals surface area contributed by atoms with Crippen molar-refractivity contribution in [2.45, 2.75) is 0 Å². The molecule has 0 aliphatic carbocycles. The van der Waals surface area contributed by atoms with Crippen LogP contribution >= 0.6 is 0 Å². The number of nitrogens with zero attached hydrogens (tertiary/aromatic N) is 1. The van der Waals surface area contributed by atoms with Crippen LogP contribution in [-0.2, 0) is 0 Å². The minimum absolute atomic E-state index is 0.776. The molecule has 0 unspecified atom stereocenters. The number of ether oxygens (including phenoxy) is 1. The summed E-state index contributed by atoms with van der Waals surface area (Å²) in [6.07, 6.45) is 3.72. The SMILES string of the molecule is [c]1cccc(Oc2ccccc2)c1-c1c[nH]c2ncccc12. The van der Waals surface area contributed by atoms with Crippen molar-refractivity contribution in [3.8, 4) is 22.6 Å². The highest BCUT2D eigenvalue weighted by molar-refractivity contribution is 5.94. The molecule has 1 radical (unpaired) electrons. The van der Waals surface area contributed by atoms with E-state index in [4.69, 9.17) is 4.74 Å². The van der Waals surface area contributed by atoms with E-state index in [1.54, 1.807) is 6.20 Å². The molecular formula is C19H13N2O. The Balaban J connectivity index is 1.82. The molecule has 3 heteroatoms. The van der Waals surface area contributed by atoms with Crippen molar-refractivity contribution in [2.24, 2.45) is 0 Å². The third kappa shape index (κ3) is 2.23. The molecule has 4 rings (SSSR count). The summed E-state index contributed by atoms with van der Waals surface area (Å²) < 4.78 is 6.02. The molecule has 0 amide bonds. The van der Waals surface area contributed by atoms with Crippen LogP contribution in [0.3, 0.4) is 0 Å². The van der Waals surface area contributed by atoms with Crippen molar-refractivity contribution in [2.75, 3.05) is 0 Å². The van der Waals surface area contributed by atoms with Gasteiger partial charge in [0.2, 0.25) is 0 Å². The fraction of sp³-hybridized carbons (Fsp3) is 0. The number of hydrogen-bond donors (Lipinski definition) is 1. The summed E-state index contributed by atoms with van der Waals surface area (Å²) >= 11 is 0. The molecule has 0 saturated carbocycles. The van der Waals surface area contributed by atoms with E-state index in [0.29, 0.717) is 0 Å². The Bertz CT molecular complexity index is 913.